The number of nitrogens with one attached hydrogen (secondary N) is 1. The standard InChI is InChI=1S/C12H13N3O2/c13-8-9-4-3-7-11(12(9)15(16)17)14-10-5-1-2-6-10/h3-4,7,10,14H,1-2,5-6H2. The smallest absolute Gasteiger partial charge is 0.309 e. The lowest BCUT2D eigenvalue weighted by molar-refractivity contribution is -0.384. The van der Waals surface area contributed by atoms with Crippen molar-refractivity contribution in [1.82, 2.24) is 0 Å². The molecule has 17 heavy (non-hydrogen) atoms. The molecule has 2 rings (SSSR count). The zero-order chi connectivity index (χ0) is 12.3. The van der Waals surface area contributed by atoms with Crippen LogP contribution in [-0.4, -0.2) is 11.0 Å². The molecular weight excluding hydrogens is 218 g/mol. The van der Waals surface area contributed by atoms with Crippen molar-refractivity contribution in [2.75, 3.05) is 5.32 Å². The number of benzene rings is 1. The molecule has 0 atom stereocenters. The van der Waals surface area contributed by atoms with E-state index in [0.717, 1.165) is 25.7 Å². The maximum absolute atomic E-state index is 11.0. The minimum atomic E-state index is -0.490. The molecule has 88 valence electrons. The van der Waals surface area contributed by atoms with Gasteiger partial charge in [0.05, 0.1) is 4.92 Å². The third-order valence-electron chi connectivity index (χ3n) is 3.05. The highest BCUT2D eigenvalue weighted by Gasteiger charge is 2.23. The lowest BCUT2D eigenvalue weighted by Crippen LogP contribution is -2.15. The lowest BCUT2D eigenvalue weighted by Gasteiger charge is -2.13. The Morgan fingerprint density at radius 2 is 2.12 bits per heavy atom. The van der Waals surface area contributed by atoms with Crippen molar-refractivity contribution in [3.05, 3.63) is 33.9 Å². The number of para-hydroxylation sites is 1. The van der Waals surface area contributed by atoms with Crippen molar-refractivity contribution in [2.24, 2.45) is 0 Å². The molecule has 1 saturated carbocycles. The largest absolute Gasteiger partial charge is 0.377 e. The first kappa shape index (κ1) is 11.4. The van der Waals surface area contributed by atoms with Crippen LogP contribution >= 0.6 is 0 Å². The number of hydrogen-bond acceptors (Lipinski definition) is 4. The van der Waals surface area contributed by atoms with Gasteiger partial charge >= 0.3 is 5.69 Å². The monoisotopic (exact) mass is 231 g/mol. The molecule has 1 aliphatic carbocycles. The van der Waals surface area contributed by atoms with Crippen LogP contribution in [0.3, 0.4) is 0 Å². The van der Waals surface area contributed by atoms with E-state index in [2.05, 4.69) is 5.32 Å². The van der Waals surface area contributed by atoms with Crippen LogP contribution in [0.1, 0.15) is 31.2 Å². The summed E-state index contributed by atoms with van der Waals surface area (Å²) in [5, 5.41) is 23.0. The van der Waals surface area contributed by atoms with Gasteiger partial charge < -0.3 is 5.32 Å². The van der Waals surface area contributed by atoms with Crippen LogP contribution in [0.4, 0.5) is 11.4 Å². The van der Waals surface area contributed by atoms with Gasteiger partial charge in [-0.05, 0) is 25.0 Å². The Balaban J connectivity index is 2.32. The highest BCUT2D eigenvalue weighted by molar-refractivity contribution is 5.68. The van der Waals surface area contributed by atoms with E-state index in [1.807, 2.05) is 6.07 Å². The molecule has 1 aliphatic rings. The number of rotatable bonds is 3. The van der Waals surface area contributed by atoms with E-state index >= 15 is 0 Å². The Labute approximate surface area is 99.2 Å². The van der Waals surface area contributed by atoms with Gasteiger partial charge in [0.25, 0.3) is 0 Å². The summed E-state index contributed by atoms with van der Waals surface area (Å²) < 4.78 is 0. The summed E-state index contributed by atoms with van der Waals surface area (Å²) >= 11 is 0. The van der Waals surface area contributed by atoms with E-state index in [1.54, 1.807) is 12.1 Å². The summed E-state index contributed by atoms with van der Waals surface area (Å²) in [6.07, 6.45) is 4.38. The molecule has 5 heteroatoms. The van der Waals surface area contributed by atoms with Gasteiger partial charge in [-0.2, -0.15) is 5.26 Å². The van der Waals surface area contributed by atoms with Gasteiger partial charge in [0, 0.05) is 6.04 Å². The van der Waals surface area contributed by atoms with Gasteiger partial charge in [-0.3, -0.25) is 10.1 Å². The average Bonchev–Trinajstić information content (AvgIpc) is 2.81. The molecule has 0 heterocycles. The zero-order valence-corrected chi connectivity index (χ0v) is 9.35. The summed E-state index contributed by atoms with van der Waals surface area (Å²) in [6, 6.07) is 6.96. The topological polar surface area (TPSA) is 79.0 Å². The molecule has 0 spiro atoms. The molecule has 1 aromatic rings. The third kappa shape index (κ3) is 2.36. The van der Waals surface area contributed by atoms with E-state index in [1.165, 1.54) is 6.07 Å². The molecule has 0 saturated heterocycles. The van der Waals surface area contributed by atoms with Crippen molar-refractivity contribution in [3.8, 4) is 6.07 Å². The minimum Gasteiger partial charge on any atom is -0.377 e. The Morgan fingerprint density at radius 1 is 1.41 bits per heavy atom. The van der Waals surface area contributed by atoms with E-state index in [4.69, 9.17) is 5.26 Å². The van der Waals surface area contributed by atoms with Crippen molar-refractivity contribution in [3.63, 3.8) is 0 Å². The normalized spacial score (nSPS) is 15.5. The number of nitro benzene ring substituents is 1. The molecule has 1 aromatic carbocycles. The SMILES string of the molecule is N#Cc1cccc(NC2CCCC2)c1[N+](=O)[O-]. The third-order valence-corrected chi connectivity index (χ3v) is 3.05. The second-order valence-corrected chi connectivity index (χ2v) is 4.20. The second kappa shape index (κ2) is 4.83. The number of nitrogens with zero attached hydrogens (tertiary/aromatic N) is 2. The molecule has 0 aliphatic heterocycles. The lowest BCUT2D eigenvalue weighted by atomic mass is 10.1. The molecule has 1 N–H and O–H groups in total. The van der Waals surface area contributed by atoms with Crippen LogP contribution in [0, 0.1) is 21.4 Å². The summed E-state index contributed by atoms with van der Waals surface area (Å²) in [5.74, 6) is 0. The van der Waals surface area contributed by atoms with Crippen molar-refractivity contribution in [1.29, 1.82) is 5.26 Å². The molecule has 1 fully saturated rings. The highest BCUT2D eigenvalue weighted by atomic mass is 16.6. The maximum atomic E-state index is 11.0. The molecule has 5 nitrogen and oxygen atoms in total. The Morgan fingerprint density at radius 3 is 2.71 bits per heavy atom. The van der Waals surface area contributed by atoms with E-state index in [0.29, 0.717) is 11.7 Å². The zero-order valence-electron chi connectivity index (χ0n) is 9.35. The van der Waals surface area contributed by atoms with Gasteiger partial charge in [0.1, 0.15) is 17.3 Å². The molecule has 0 radical (unpaired) electrons. The van der Waals surface area contributed by atoms with Gasteiger partial charge in [-0.1, -0.05) is 18.9 Å². The van der Waals surface area contributed by atoms with E-state index < -0.39 is 4.92 Å². The van der Waals surface area contributed by atoms with E-state index in [-0.39, 0.29) is 11.3 Å². The molecular formula is C12H13N3O2. The van der Waals surface area contributed by atoms with Crippen LogP contribution in [0.15, 0.2) is 18.2 Å². The summed E-state index contributed by atoms with van der Waals surface area (Å²) in [5.41, 5.74) is 0.459. The van der Waals surface area contributed by atoms with Gasteiger partial charge in [-0.25, -0.2) is 0 Å². The predicted molar refractivity (Wildman–Crippen MR) is 63.7 cm³/mol. The Kier molecular flexibility index (Phi) is 3.24. The first-order chi connectivity index (χ1) is 8.22. The Hall–Kier alpha value is -2.09. The maximum Gasteiger partial charge on any atom is 0.309 e. The number of nitro groups is 1. The van der Waals surface area contributed by atoms with Crippen molar-refractivity contribution < 1.29 is 4.92 Å². The second-order valence-electron chi connectivity index (χ2n) is 4.20. The summed E-state index contributed by atoms with van der Waals surface area (Å²) in [6.45, 7) is 0. The number of anilines is 1. The highest BCUT2D eigenvalue weighted by Crippen LogP contribution is 2.31. The molecule has 0 amide bonds. The first-order valence-electron chi connectivity index (χ1n) is 5.66. The van der Waals surface area contributed by atoms with Crippen LogP contribution in [-0.2, 0) is 0 Å². The van der Waals surface area contributed by atoms with Crippen LogP contribution in [0.2, 0.25) is 0 Å². The average molecular weight is 231 g/mol. The molecule has 0 unspecified atom stereocenters. The van der Waals surface area contributed by atoms with Crippen molar-refractivity contribution in [2.45, 2.75) is 31.7 Å². The quantitative estimate of drug-likeness (QED) is 0.640. The molecule has 0 aromatic heterocycles. The number of nitriles is 1. The van der Waals surface area contributed by atoms with Gasteiger partial charge in [0.2, 0.25) is 0 Å². The van der Waals surface area contributed by atoms with Crippen LogP contribution in [0.5, 0.6) is 0 Å². The van der Waals surface area contributed by atoms with Crippen LogP contribution < -0.4 is 5.32 Å². The fourth-order valence-corrected chi connectivity index (χ4v) is 2.24. The fraction of sp³-hybridized carbons (Fsp3) is 0.417. The molecule has 0 bridgehead atoms. The van der Waals surface area contributed by atoms with Gasteiger partial charge in [-0.15, -0.1) is 0 Å². The van der Waals surface area contributed by atoms with Crippen molar-refractivity contribution >= 4 is 11.4 Å². The first-order valence-corrected chi connectivity index (χ1v) is 5.66. The summed E-state index contributed by atoms with van der Waals surface area (Å²) in [7, 11) is 0. The predicted octanol–water partition coefficient (Wildman–Crippen LogP) is 2.82. The minimum absolute atomic E-state index is 0.109. The number of hydrogen-bond donors (Lipinski definition) is 1. The van der Waals surface area contributed by atoms with E-state index in [9.17, 15) is 10.1 Å². The van der Waals surface area contributed by atoms with Crippen LogP contribution in [0.25, 0.3) is 0 Å². The fourth-order valence-electron chi connectivity index (χ4n) is 2.24. The summed E-state index contributed by atoms with van der Waals surface area (Å²) in [4.78, 5) is 10.5. The Bertz CT molecular complexity index is 473. The van der Waals surface area contributed by atoms with Gasteiger partial charge in [0.15, 0.2) is 0 Å².